The van der Waals surface area contributed by atoms with Crippen molar-refractivity contribution >= 4 is 16.7 Å². The molecule has 2 aliphatic rings. The summed E-state index contributed by atoms with van der Waals surface area (Å²) < 4.78 is 25.8. The summed E-state index contributed by atoms with van der Waals surface area (Å²) in [5.41, 5.74) is 2.27. The number of β-amino-alcohol motifs (C(OH)–C–C–N with tert-alkyl or cyclic N) is 1. The van der Waals surface area contributed by atoms with Crippen LogP contribution in [0, 0.1) is 11.7 Å². The van der Waals surface area contributed by atoms with Gasteiger partial charge in [-0.05, 0) is 55.2 Å². The van der Waals surface area contributed by atoms with Crippen molar-refractivity contribution in [3.8, 4) is 5.75 Å². The highest BCUT2D eigenvalue weighted by molar-refractivity contribution is 5.83. The predicted octanol–water partition coefficient (Wildman–Crippen LogP) is 4.59. The van der Waals surface area contributed by atoms with Crippen LogP contribution in [-0.4, -0.2) is 47.1 Å². The van der Waals surface area contributed by atoms with Crippen molar-refractivity contribution in [2.24, 2.45) is 5.92 Å². The molecule has 3 unspecified atom stereocenters. The van der Waals surface area contributed by atoms with E-state index in [1.165, 1.54) is 22.4 Å². The molecule has 1 aliphatic carbocycles. The first-order chi connectivity index (χ1) is 17.1. The van der Waals surface area contributed by atoms with Gasteiger partial charge in [-0.25, -0.2) is 4.39 Å². The molecule has 3 aromatic carbocycles. The summed E-state index contributed by atoms with van der Waals surface area (Å²) in [4.78, 5) is 11.4. The normalized spacial score (nSPS) is 22.0. The van der Waals surface area contributed by atoms with Crippen LogP contribution in [0.4, 0.5) is 4.39 Å². The molecule has 3 N–H and O–H groups in total. The molecule has 0 bridgehead atoms. The molecule has 1 heterocycles. The zero-order valence-electron chi connectivity index (χ0n) is 20.7. The van der Waals surface area contributed by atoms with Gasteiger partial charge < -0.3 is 25.0 Å². The third-order valence-electron chi connectivity index (χ3n) is 7.26. The maximum atomic E-state index is 14.3. The van der Waals surface area contributed by atoms with Crippen molar-refractivity contribution in [2.75, 3.05) is 13.2 Å². The third kappa shape index (κ3) is 4.83. The number of benzene rings is 3. The molecular weight excluding hydrogens is 461 g/mol. The number of carbonyl (C=O) groups is 1. The lowest BCUT2D eigenvalue weighted by Crippen LogP contribution is -2.46. The Hall–Kier alpha value is -3.00. The number of aliphatic carboxylic acids is 1. The largest absolute Gasteiger partial charge is 0.485 e. The number of fused-ring (bicyclic) bond motifs is 4. The number of carboxylic acid groups (broad SMARTS) is 1. The van der Waals surface area contributed by atoms with Crippen LogP contribution in [-0.2, 0) is 16.0 Å². The molecule has 7 heteroatoms. The first kappa shape index (κ1) is 24.7. The number of nitrogens with one attached hydrogen (secondary N) is 1. The van der Waals surface area contributed by atoms with E-state index in [2.05, 4.69) is 49.5 Å². The fraction of sp³-hybridized carbons (Fsp3) is 0.414. The van der Waals surface area contributed by atoms with Gasteiger partial charge in [0.05, 0.1) is 18.8 Å². The highest BCUT2D eigenvalue weighted by Gasteiger charge is 2.64. The summed E-state index contributed by atoms with van der Waals surface area (Å²) in [6.45, 7) is 6.46. The Morgan fingerprint density at radius 2 is 1.92 bits per heavy atom. The monoisotopic (exact) mass is 493 g/mol. The van der Waals surface area contributed by atoms with Gasteiger partial charge in [0.1, 0.15) is 12.0 Å². The Bertz CT molecular complexity index is 1290. The number of rotatable bonds is 10. The standard InChI is InChI=1S/C29H32FNO5/c1-16(21-10-11-22(30)26-23(21)24-25(28(33)34)27(24)36-26)35-15-20(32)14-31-29(2,3)13-17-8-9-18-6-4-5-7-19(18)12-17/h4-12,16,20,24-25,27,31-32H,13-15H2,1-3H3,(H,33,34)/t16-,20-,24?,25?,27?/m1/s1. The van der Waals surface area contributed by atoms with E-state index in [9.17, 15) is 19.4 Å². The molecule has 3 aromatic rings. The Labute approximate surface area is 210 Å². The first-order valence-electron chi connectivity index (χ1n) is 12.4. The van der Waals surface area contributed by atoms with Crippen molar-refractivity contribution < 1.29 is 28.9 Å². The van der Waals surface area contributed by atoms with Crippen LogP contribution in [0.3, 0.4) is 0 Å². The Kier molecular flexibility index (Phi) is 6.49. The average molecular weight is 494 g/mol. The highest BCUT2D eigenvalue weighted by atomic mass is 19.1. The number of aliphatic hydroxyl groups is 1. The Morgan fingerprint density at radius 1 is 1.17 bits per heavy atom. The molecule has 0 radical (unpaired) electrons. The zero-order valence-corrected chi connectivity index (χ0v) is 20.7. The zero-order chi connectivity index (χ0) is 25.6. The number of hydrogen-bond donors (Lipinski definition) is 3. The number of halogens is 1. The summed E-state index contributed by atoms with van der Waals surface area (Å²) in [6, 6.07) is 17.7. The molecule has 0 aromatic heterocycles. The van der Waals surface area contributed by atoms with Crippen molar-refractivity contribution in [3.05, 3.63) is 77.1 Å². The van der Waals surface area contributed by atoms with Crippen LogP contribution >= 0.6 is 0 Å². The minimum absolute atomic E-state index is 0.0870. The number of carboxylic acids is 1. The third-order valence-corrected chi connectivity index (χ3v) is 7.26. The van der Waals surface area contributed by atoms with E-state index in [1.807, 2.05) is 19.1 Å². The summed E-state index contributed by atoms with van der Waals surface area (Å²) in [7, 11) is 0. The van der Waals surface area contributed by atoms with E-state index in [0.717, 1.165) is 6.42 Å². The molecule has 5 rings (SSSR count). The fourth-order valence-electron chi connectivity index (χ4n) is 5.33. The molecule has 0 amide bonds. The van der Waals surface area contributed by atoms with Gasteiger partial charge in [-0.15, -0.1) is 0 Å². The fourth-order valence-corrected chi connectivity index (χ4v) is 5.33. The summed E-state index contributed by atoms with van der Waals surface area (Å²) in [5.74, 6) is -2.29. The summed E-state index contributed by atoms with van der Waals surface area (Å²) >= 11 is 0. The van der Waals surface area contributed by atoms with Crippen molar-refractivity contribution in [1.82, 2.24) is 5.32 Å². The maximum Gasteiger partial charge on any atom is 0.311 e. The van der Waals surface area contributed by atoms with E-state index in [-0.39, 0.29) is 23.8 Å². The maximum absolute atomic E-state index is 14.3. The lowest BCUT2D eigenvalue weighted by molar-refractivity contribution is -0.139. The minimum Gasteiger partial charge on any atom is -0.485 e. The van der Waals surface area contributed by atoms with Crippen LogP contribution < -0.4 is 10.1 Å². The highest BCUT2D eigenvalue weighted by Crippen LogP contribution is 2.60. The van der Waals surface area contributed by atoms with Gasteiger partial charge in [-0.2, -0.15) is 0 Å². The van der Waals surface area contributed by atoms with Gasteiger partial charge >= 0.3 is 5.97 Å². The second kappa shape index (κ2) is 9.47. The average Bonchev–Trinajstić information content (AvgIpc) is 3.43. The number of aliphatic hydroxyl groups excluding tert-OH is 1. The first-order valence-corrected chi connectivity index (χ1v) is 12.4. The van der Waals surface area contributed by atoms with Crippen LogP contribution in [0.25, 0.3) is 10.8 Å². The number of ether oxygens (including phenoxy) is 2. The topological polar surface area (TPSA) is 88.0 Å². The molecule has 0 saturated heterocycles. The van der Waals surface area contributed by atoms with E-state index in [1.54, 1.807) is 6.07 Å². The molecule has 0 spiro atoms. The van der Waals surface area contributed by atoms with Gasteiger partial charge in [0.25, 0.3) is 0 Å². The van der Waals surface area contributed by atoms with Gasteiger partial charge in [0, 0.05) is 23.6 Å². The van der Waals surface area contributed by atoms with E-state index in [4.69, 9.17) is 9.47 Å². The van der Waals surface area contributed by atoms with Crippen LogP contribution in [0.2, 0.25) is 0 Å². The summed E-state index contributed by atoms with van der Waals surface area (Å²) in [5, 5.41) is 25.8. The second-order valence-corrected chi connectivity index (χ2v) is 10.6. The number of hydrogen-bond acceptors (Lipinski definition) is 5. The van der Waals surface area contributed by atoms with Crippen molar-refractivity contribution in [2.45, 2.75) is 57.0 Å². The van der Waals surface area contributed by atoms with Crippen LogP contribution in [0.1, 0.15) is 49.5 Å². The SMILES string of the molecule is C[C@@H](OC[C@H](O)CNC(C)(C)Cc1ccc2ccccc2c1)c1ccc(F)c2c1C1C(O2)C1C(=O)O. The molecule has 6 nitrogen and oxygen atoms in total. The molecule has 1 fully saturated rings. The molecule has 1 saturated carbocycles. The molecular formula is C29H32FNO5. The minimum atomic E-state index is -0.938. The smallest absolute Gasteiger partial charge is 0.311 e. The molecule has 1 aliphatic heterocycles. The van der Waals surface area contributed by atoms with Gasteiger partial charge in [0.2, 0.25) is 0 Å². The van der Waals surface area contributed by atoms with E-state index in [0.29, 0.717) is 17.7 Å². The Morgan fingerprint density at radius 3 is 2.67 bits per heavy atom. The molecule has 190 valence electrons. The lowest BCUT2D eigenvalue weighted by atomic mass is 9.93. The van der Waals surface area contributed by atoms with Crippen LogP contribution in [0.15, 0.2) is 54.6 Å². The summed E-state index contributed by atoms with van der Waals surface area (Å²) in [6.07, 6.45) is -0.901. The van der Waals surface area contributed by atoms with Gasteiger partial charge in [0.15, 0.2) is 11.6 Å². The van der Waals surface area contributed by atoms with Crippen LogP contribution in [0.5, 0.6) is 5.75 Å². The van der Waals surface area contributed by atoms with Crippen molar-refractivity contribution in [3.63, 3.8) is 0 Å². The van der Waals surface area contributed by atoms with Gasteiger partial charge in [-0.3, -0.25) is 4.79 Å². The molecule has 36 heavy (non-hydrogen) atoms. The predicted molar refractivity (Wildman–Crippen MR) is 135 cm³/mol. The van der Waals surface area contributed by atoms with E-state index < -0.39 is 36.0 Å². The van der Waals surface area contributed by atoms with Gasteiger partial charge in [-0.1, -0.05) is 48.5 Å². The Balaban J connectivity index is 1.16. The lowest BCUT2D eigenvalue weighted by Gasteiger charge is -2.28. The molecule has 5 atom stereocenters. The second-order valence-electron chi connectivity index (χ2n) is 10.6. The van der Waals surface area contributed by atoms with Crippen molar-refractivity contribution in [1.29, 1.82) is 0 Å². The van der Waals surface area contributed by atoms with E-state index >= 15 is 0 Å². The quantitative estimate of drug-likeness (QED) is 0.383.